The monoisotopic (exact) mass is 599 g/mol. The molecular formula is C34H38F5N3O. The lowest BCUT2D eigenvalue weighted by Crippen LogP contribution is -2.51. The number of benzene rings is 3. The topological polar surface area (TPSA) is 27.7 Å². The fourth-order valence-electron chi connectivity index (χ4n) is 7.32. The van der Waals surface area contributed by atoms with Crippen LogP contribution in [0.2, 0.25) is 0 Å². The average Bonchev–Trinajstić information content (AvgIpc) is 2.97. The first-order valence-electron chi connectivity index (χ1n) is 15.2. The van der Waals surface area contributed by atoms with Crippen molar-refractivity contribution in [3.63, 3.8) is 0 Å². The molecule has 3 aromatic rings. The van der Waals surface area contributed by atoms with Gasteiger partial charge in [-0.1, -0.05) is 36.4 Å². The van der Waals surface area contributed by atoms with Crippen molar-refractivity contribution in [3.05, 3.63) is 94.6 Å². The second kappa shape index (κ2) is 12.1. The fraction of sp³-hybridized carbons (Fsp3) is 0.471. The first-order chi connectivity index (χ1) is 20.6. The fourth-order valence-corrected chi connectivity index (χ4v) is 7.32. The van der Waals surface area contributed by atoms with E-state index in [0.29, 0.717) is 43.1 Å². The van der Waals surface area contributed by atoms with Crippen molar-refractivity contribution < 1.29 is 26.7 Å². The third kappa shape index (κ3) is 6.53. The molecule has 230 valence electrons. The highest BCUT2D eigenvalue weighted by molar-refractivity contribution is 5.53. The molecule has 43 heavy (non-hydrogen) atoms. The van der Waals surface area contributed by atoms with Gasteiger partial charge in [-0.05, 0) is 86.5 Å². The van der Waals surface area contributed by atoms with E-state index in [1.165, 1.54) is 17.0 Å². The number of ether oxygens (including phenoxy) is 1. The van der Waals surface area contributed by atoms with Crippen molar-refractivity contribution in [2.24, 2.45) is 5.41 Å². The van der Waals surface area contributed by atoms with E-state index in [4.69, 9.17) is 4.74 Å². The van der Waals surface area contributed by atoms with Crippen LogP contribution in [0.5, 0.6) is 5.75 Å². The maximum Gasteiger partial charge on any atom is 0.401 e. The van der Waals surface area contributed by atoms with Gasteiger partial charge in [-0.2, -0.15) is 13.2 Å². The second-order valence-electron chi connectivity index (χ2n) is 12.5. The summed E-state index contributed by atoms with van der Waals surface area (Å²) < 4.78 is 79.6. The van der Waals surface area contributed by atoms with Gasteiger partial charge in [-0.15, -0.1) is 0 Å². The van der Waals surface area contributed by atoms with E-state index >= 15 is 8.78 Å². The molecule has 3 atom stereocenters. The number of nitrogens with one attached hydrogen (secondary N) is 1. The van der Waals surface area contributed by atoms with Crippen molar-refractivity contribution >= 4 is 5.69 Å². The Morgan fingerprint density at radius 3 is 2.42 bits per heavy atom. The highest BCUT2D eigenvalue weighted by Gasteiger charge is 2.43. The van der Waals surface area contributed by atoms with Crippen molar-refractivity contribution in [3.8, 4) is 5.75 Å². The predicted octanol–water partition coefficient (Wildman–Crippen LogP) is 7.41. The molecule has 2 saturated heterocycles. The van der Waals surface area contributed by atoms with E-state index in [-0.39, 0.29) is 11.0 Å². The molecule has 9 heteroatoms. The molecule has 3 aliphatic heterocycles. The van der Waals surface area contributed by atoms with E-state index in [2.05, 4.69) is 5.32 Å². The molecule has 3 aliphatic rings. The first kappa shape index (κ1) is 29.9. The van der Waals surface area contributed by atoms with Crippen LogP contribution in [0.15, 0.2) is 60.7 Å². The summed E-state index contributed by atoms with van der Waals surface area (Å²) in [5, 5.41) is 3.47. The molecule has 0 aliphatic carbocycles. The van der Waals surface area contributed by atoms with Crippen LogP contribution in [-0.4, -0.2) is 49.8 Å². The Bertz CT molecular complexity index is 1390. The Morgan fingerprint density at radius 2 is 1.72 bits per heavy atom. The minimum absolute atomic E-state index is 0.0731. The summed E-state index contributed by atoms with van der Waals surface area (Å²) in [6.07, 6.45) is -0.0992. The summed E-state index contributed by atoms with van der Waals surface area (Å²) >= 11 is 0. The number of alkyl halides is 3. The average molecular weight is 600 g/mol. The number of halogens is 5. The van der Waals surface area contributed by atoms with Gasteiger partial charge in [0.2, 0.25) is 0 Å². The Morgan fingerprint density at radius 1 is 0.977 bits per heavy atom. The zero-order valence-corrected chi connectivity index (χ0v) is 24.4. The number of fused-ring (bicyclic) bond motifs is 1. The van der Waals surface area contributed by atoms with Gasteiger partial charge in [-0.25, -0.2) is 8.78 Å². The molecule has 0 aromatic heterocycles. The normalized spacial score (nSPS) is 24.7. The summed E-state index contributed by atoms with van der Waals surface area (Å²) in [7, 11) is 0. The summed E-state index contributed by atoms with van der Waals surface area (Å²) in [4.78, 5) is 3.21. The van der Waals surface area contributed by atoms with Crippen LogP contribution >= 0.6 is 0 Å². The number of hydrogen-bond donors (Lipinski definition) is 1. The van der Waals surface area contributed by atoms with Crippen LogP contribution in [0.3, 0.4) is 0 Å². The molecule has 3 heterocycles. The van der Waals surface area contributed by atoms with Gasteiger partial charge in [0.15, 0.2) is 0 Å². The third-order valence-corrected chi connectivity index (χ3v) is 9.36. The molecule has 2 unspecified atom stereocenters. The lowest BCUT2D eigenvalue weighted by molar-refractivity contribution is -0.155. The smallest absolute Gasteiger partial charge is 0.401 e. The lowest BCUT2D eigenvalue weighted by Gasteiger charge is -2.46. The van der Waals surface area contributed by atoms with E-state index in [9.17, 15) is 13.2 Å². The first-order valence-corrected chi connectivity index (χ1v) is 15.2. The molecule has 1 spiro atoms. The SMILES string of the molecule is C[C@@H]1Cc2cc(OCc3ccccc3)ccc2C(c2c(F)cc(N3CCCC4(CCCNC4)C3)cc2F)N1CC(F)(F)F. The molecule has 3 aromatic carbocycles. The zero-order valence-electron chi connectivity index (χ0n) is 24.4. The Hall–Kier alpha value is -3.17. The highest BCUT2D eigenvalue weighted by atomic mass is 19.4. The summed E-state index contributed by atoms with van der Waals surface area (Å²) in [6, 6.07) is 15.5. The van der Waals surface area contributed by atoms with Crippen LogP contribution in [-0.2, 0) is 13.0 Å². The molecule has 0 saturated carbocycles. The molecule has 1 N–H and O–H groups in total. The maximum atomic E-state index is 16.1. The zero-order chi connectivity index (χ0) is 30.2. The van der Waals surface area contributed by atoms with Crippen molar-refractivity contribution in [2.75, 3.05) is 37.6 Å². The Balaban J connectivity index is 1.33. The summed E-state index contributed by atoms with van der Waals surface area (Å²) in [6.45, 7) is 3.99. The summed E-state index contributed by atoms with van der Waals surface area (Å²) in [5.74, 6) is -1.08. The number of rotatable bonds is 6. The molecule has 2 fully saturated rings. The summed E-state index contributed by atoms with van der Waals surface area (Å²) in [5.41, 5.74) is 2.34. The third-order valence-electron chi connectivity index (χ3n) is 9.36. The Kier molecular flexibility index (Phi) is 8.39. The van der Waals surface area contributed by atoms with Gasteiger partial charge in [0.05, 0.1) is 12.6 Å². The number of piperidine rings is 2. The van der Waals surface area contributed by atoms with Crippen molar-refractivity contribution in [1.29, 1.82) is 0 Å². The molecule has 0 amide bonds. The van der Waals surface area contributed by atoms with Gasteiger partial charge in [0, 0.05) is 42.3 Å². The van der Waals surface area contributed by atoms with Crippen LogP contribution in [0.1, 0.15) is 60.9 Å². The quantitative estimate of drug-likeness (QED) is 0.299. The number of nitrogens with zero attached hydrogens (tertiary/aromatic N) is 2. The van der Waals surface area contributed by atoms with Crippen LogP contribution < -0.4 is 15.0 Å². The van der Waals surface area contributed by atoms with Gasteiger partial charge < -0.3 is 15.0 Å². The minimum atomic E-state index is -4.54. The van der Waals surface area contributed by atoms with E-state index in [1.54, 1.807) is 25.1 Å². The van der Waals surface area contributed by atoms with Crippen LogP contribution in [0.25, 0.3) is 0 Å². The molecule has 6 rings (SSSR count). The van der Waals surface area contributed by atoms with Gasteiger partial charge in [-0.3, -0.25) is 4.90 Å². The van der Waals surface area contributed by atoms with Gasteiger partial charge in [0.25, 0.3) is 0 Å². The van der Waals surface area contributed by atoms with Crippen molar-refractivity contribution in [2.45, 2.75) is 63.9 Å². The highest BCUT2D eigenvalue weighted by Crippen LogP contribution is 2.44. The predicted molar refractivity (Wildman–Crippen MR) is 157 cm³/mol. The van der Waals surface area contributed by atoms with Gasteiger partial charge in [0.1, 0.15) is 24.0 Å². The van der Waals surface area contributed by atoms with E-state index < -0.39 is 36.4 Å². The largest absolute Gasteiger partial charge is 0.489 e. The minimum Gasteiger partial charge on any atom is -0.489 e. The van der Waals surface area contributed by atoms with E-state index in [1.807, 2.05) is 35.2 Å². The standard InChI is InChI=1S/C34H38F5N3O/c1-23-15-25-16-27(43-19-24-7-3-2-4-8-24)9-10-28(25)32(42(23)22-34(37,38)39)31-29(35)17-26(18-30(31)36)41-14-6-12-33(21-41)11-5-13-40-20-33/h2-4,7-10,16-18,23,32,40H,5-6,11-15,19-22H2,1H3/t23-,32?,33?/m1/s1. The van der Waals surface area contributed by atoms with Crippen LogP contribution in [0, 0.1) is 17.0 Å². The lowest BCUT2D eigenvalue weighted by atomic mass is 9.74. The number of hydrogen-bond acceptors (Lipinski definition) is 4. The maximum absolute atomic E-state index is 16.1. The molecule has 4 nitrogen and oxygen atoms in total. The molecular weight excluding hydrogens is 561 g/mol. The molecule has 0 bridgehead atoms. The molecule has 0 radical (unpaired) electrons. The Labute approximate surface area is 249 Å². The van der Waals surface area contributed by atoms with Crippen LogP contribution in [0.4, 0.5) is 27.6 Å². The number of anilines is 1. The van der Waals surface area contributed by atoms with E-state index in [0.717, 1.165) is 49.9 Å². The van der Waals surface area contributed by atoms with Gasteiger partial charge >= 0.3 is 6.18 Å². The second-order valence-corrected chi connectivity index (χ2v) is 12.5. The van der Waals surface area contributed by atoms with Crippen molar-refractivity contribution in [1.82, 2.24) is 10.2 Å².